The summed E-state index contributed by atoms with van der Waals surface area (Å²) in [4.78, 5) is 54.0. The minimum atomic E-state index is -1.56. The van der Waals surface area contributed by atoms with Crippen molar-refractivity contribution in [2.75, 3.05) is 20.0 Å². The van der Waals surface area contributed by atoms with E-state index in [0.717, 1.165) is 0 Å². The van der Waals surface area contributed by atoms with Gasteiger partial charge in [-0.1, -0.05) is 10.0 Å². The fourth-order valence-corrected chi connectivity index (χ4v) is 1.48. The Labute approximate surface area is 128 Å². The number of hydrazone groups is 1. The Morgan fingerprint density at radius 2 is 1.04 bits per heavy atom. The number of hydrogen-bond donors (Lipinski definition) is 0. The molecule has 0 atom stereocenters. The number of hydrazine groups is 4. The molecule has 0 aromatic heterocycles. The van der Waals surface area contributed by atoms with E-state index in [1.165, 1.54) is 0 Å². The van der Waals surface area contributed by atoms with Crippen LogP contribution < -0.4 is 0 Å². The predicted octanol–water partition coefficient (Wildman–Crippen LogP) is -2.60. The molecule has 0 aromatic rings. The topological polar surface area (TPSA) is 241 Å². The van der Waals surface area contributed by atoms with Crippen molar-refractivity contribution in [2.45, 2.75) is 0 Å². The molecule has 24 heavy (non-hydrogen) atoms. The molecule has 1 heterocycles. The van der Waals surface area contributed by atoms with Crippen LogP contribution in [-0.4, -0.2) is 71.2 Å². The standard InChI is InChI=1S/C4H6N10O10/c15-10(16)5-4-8(13(21)22)2-6(11(17)18)1-7(12(19)20)3-9(4)14(23)24/h1-3H2. The lowest BCUT2D eigenvalue weighted by molar-refractivity contribution is -0.753. The summed E-state index contributed by atoms with van der Waals surface area (Å²) in [7, 11) is 0. The van der Waals surface area contributed by atoms with Crippen LogP contribution in [0.5, 0.6) is 0 Å². The average Bonchev–Trinajstić information content (AvgIpc) is 2.40. The lowest BCUT2D eigenvalue weighted by Crippen LogP contribution is -2.62. The summed E-state index contributed by atoms with van der Waals surface area (Å²) in [5, 5.41) is 48.7. The molecule has 1 rings (SSSR count). The van der Waals surface area contributed by atoms with Gasteiger partial charge in [-0.15, -0.1) is 0 Å². The average molecular weight is 354 g/mol. The Bertz CT molecular complexity index is 575. The molecule has 0 aliphatic carbocycles. The highest BCUT2D eigenvalue weighted by molar-refractivity contribution is 5.77. The molecule has 0 spiro atoms. The van der Waals surface area contributed by atoms with E-state index in [0.29, 0.717) is 0 Å². The summed E-state index contributed by atoms with van der Waals surface area (Å²) >= 11 is 0. The second kappa shape index (κ2) is 6.75. The van der Waals surface area contributed by atoms with Gasteiger partial charge in [0.1, 0.15) is 5.10 Å². The van der Waals surface area contributed by atoms with Crippen molar-refractivity contribution in [2.24, 2.45) is 5.10 Å². The number of guanidine groups is 1. The third-order valence-electron chi connectivity index (χ3n) is 2.41. The minimum Gasteiger partial charge on any atom is -0.235 e. The van der Waals surface area contributed by atoms with Gasteiger partial charge in [0.2, 0.25) is 20.0 Å². The molecule has 1 fully saturated rings. The van der Waals surface area contributed by atoms with Gasteiger partial charge in [-0.05, 0) is 10.0 Å². The molecule has 1 aliphatic rings. The minimum absolute atomic E-state index is 0.0572. The van der Waals surface area contributed by atoms with Crippen molar-refractivity contribution >= 4 is 5.96 Å². The smallest absolute Gasteiger partial charge is 0.235 e. The van der Waals surface area contributed by atoms with E-state index in [4.69, 9.17) is 0 Å². The van der Waals surface area contributed by atoms with Crippen LogP contribution in [0.1, 0.15) is 0 Å². The quantitative estimate of drug-likeness (QED) is 0.363. The lowest BCUT2D eigenvalue weighted by atomic mass is 10.6. The first-order valence-corrected chi connectivity index (χ1v) is 5.39. The molecule has 0 unspecified atom stereocenters. The molecular formula is C4H6N10O10. The molecular weight excluding hydrogens is 348 g/mol. The van der Waals surface area contributed by atoms with Gasteiger partial charge in [0.05, 0.1) is 0 Å². The van der Waals surface area contributed by atoms with Crippen LogP contribution in [0.25, 0.3) is 0 Å². The number of nitrogens with zero attached hydrogens (tertiary/aromatic N) is 10. The highest BCUT2D eigenvalue weighted by Crippen LogP contribution is 2.10. The zero-order chi connectivity index (χ0) is 18.6. The number of rotatable bonds is 5. The third kappa shape index (κ3) is 3.95. The summed E-state index contributed by atoms with van der Waals surface area (Å²) in [6.07, 6.45) is 0. The maximum absolute atomic E-state index is 10.9. The Kier molecular flexibility index (Phi) is 5.04. The predicted molar refractivity (Wildman–Crippen MR) is 64.4 cm³/mol. The first-order chi connectivity index (χ1) is 11.0. The Morgan fingerprint density at radius 1 is 0.667 bits per heavy atom. The first kappa shape index (κ1) is 17.9. The Hall–Kier alpha value is -4.13. The van der Waals surface area contributed by atoms with Gasteiger partial charge in [-0.3, -0.25) is 0 Å². The molecule has 1 aliphatic heterocycles. The van der Waals surface area contributed by atoms with Gasteiger partial charge >= 0.3 is 5.96 Å². The van der Waals surface area contributed by atoms with Crippen molar-refractivity contribution in [1.82, 2.24) is 20.0 Å². The summed E-state index contributed by atoms with van der Waals surface area (Å²) < 4.78 is 0. The van der Waals surface area contributed by atoms with Crippen molar-refractivity contribution in [1.29, 1.82) is 0 Å². The molecule has 0 radical (unpaired) electrons. The highest BCUT2D eigenvalue weighted by Gasteiger charge is 2.47. The summed E-state index contributed by atoms with van der Waals surface area (Å²) in [5.41, 5.74) is 0. The second-order valence-corrected chi connectivity index (χ2v) is 3.83. The fourth-order valence-electron chi connectivity index (χ4n) is 1.48. The van der Waals surface area contributed by atoms with Crippen LogP contribution in [0.2, 0.25) is 0 Å². The zero-order valence-electron chi connectivity index (χ0n) is 11.2. The van der Waals surface area contributed by atoms with Gasteiger partial charge in [-0.2, -0.15) is 0 Å². The van der Waals surface area contributed by atoms with Crippen LogP contribution in [0.4, 0.5) is 0 Å². The molecule has 0 bridgehead atoms. The molecule has 0 amide bonds. The molecule has 0 saturated carbocycles. The molecule has 132 valence electrons. The molecule has 20 heteroatoms. The van der Waals surface area contributed by atoms with Crippen LogP contribution in [0.15, 0.2) is 5.10 Å². The van der Waals surface area contributed by atoms with Crippen LogP contribution in [0.3, 0.4) is 0 Å². The Balaban J connectivity index is 3.47. The van der Waals surface area contributed by atoms with Gasteiger partial charge in [0.25, 0.3) is 0 Å². The maximum atomic E-state index is 10.9. The normalized spacial score (nSPS) is 15.4. The number of hydrogen-bond acceptors (Lipinski definition) is 10. The maximum Gasteiger partial charge on any atom is 0.398 e. The zero-order valence-corrected chi connectivity index (χ0v) is 11.2. The fraction of sp³-hybridized carbons (Fsp3) is 0.750. The molecule has 0 aromatic carbocycles. The van der Waals surface area contributed by atoms with Crippen LogP contribution >= 0.6 is 0 Å². The van der Waals surface area contributed by atoms with Crippen molar-refractivity contribution < 1.29 is 25.2 Å². The van der Waals surface area contributed by atoms with Gasteiger partial charge in [0, 0.05) is 0 Å². The molecule has 0 N–H and O–H groups in total. The van der Waals surface area contributed by atoms with E-state index in [2.05, 4.69) is 5.10 Å². The van der Waals surface area contributed by atoms with Crippen molar-refractivity contribution in [3.05, 3.63) is 50.6 Å². The van der Waals surface area contributed by atoms with E-state index in [-0.39, 0.29) is 20.0 Å². The third-order valence-corrected chi connectivity index (χ3v) is 2.41. The van der Waals surface area contributed by atoms with Crippen molar-refractivity contribution in [3.8, 4) is 0 Å². The van der Waals surface area contributed by atoms with Crippen LogP contribution in [-0.2, 0) is 0 Å². The summed E-state index contributed by atoms with van der Waals surface area (Å²) in [5.74, 6) is -1.56. The molecule has 1 saturated heterocycles. The van der Waals surface area contributed by atoms with E-state index >= 15 is 0 Å². The highest BCUT2D eigenvalue weighted by atomic mass is 16.7. The van der Waals surface area contributed by atoms with Gasteiger partial charge in [0.15, 0.2) is 25.2 Å². The Morgan fingerprint density at radius 3 is 1.29 bits per heavy atom. The van der Waals surface area contributed by atoms with E-state index in [9.17, 15) is 50.6 Å². The van der Waals surface area contributed by atoms with E-state index in [1.807, 2.05) is 0 Å². The van der Waals surface area contributed by atoms with Crippen molar-refractivity contribution in [3.63, 3.8) is 0 Å². The van der Waals surface area contributed by atoms with E-state index < -0.39 is 51.1 Å². The van der Waals surface area contributed by atoms with Gasteiger partial charge < -0.3 is 0 Å². The van der Waals surface area contributed by atoms with Crippen LogP contribution in [0, 0.1) is 50.6 Å². The van der Waals surface area contributed by atoms with E-state index in [1.54, 1.807) is 0 Å². The summed E-state index contributed by atoms with van der Waals surface area (Å²) in [6, 6.07) is 0. The van der Waals surface area contributed by atoms with Gasteiger partial charge in [-0.25, -0.2) is 50.6 Å². The SMILES string of the molecule is O=[N+]([O-])N=C1N([N+](=O)[O-])CN([N+](=O)[O-])CN([N+](=O)[O-])CN1[N+](=O)[O-]. The second-order valence-electron chi connectivity index (χ2n) is 3.83. The largest absolute Gasteiger partial charge is 0.398 e. The summed E-state index contributed by atoms with van der Waals surface area (Å²) in [6.45, 7) is -3.96. The molecule has 20 nitrogen and oxygen atoms in total. The lowest BCUT2D eigenvalue weighted by Gasteiger charge is -2.27. The monoisotopic (exact) mass is 354 g/mol. The first-order valence-electron chi connectivity index (χ1n) is 5.39. The number of nitro groups is 5.